The molecular weight excluding hydrogens is 138 g/mol. The largest absolute Gasteiger partial charge is 0.329 e. The smallest absolute Gasteiger partial charge is 0.143 e. The van der Waals surface area contributed by atoms with Crippen molar-refractivity contribution in [2.45, 2.75) is 27.2 Å². The summed E-state index contributed by atoms with van der Waals surface area (Å²) >= 11 is 0. The average Bonchev–Trinajstić information content (AvgIpc) is 1.86. The highest BCUT2D eigenvalue weighted by atomic mass is 16.1. The quantitative estimate of drug-likeness (QED) is 0.625. The van der Waals surface area contributed by atoms with E-state index in [0.717, 1.165) is 5.57 Å². The highest BCUT2D eigenvalue weighted by molar-refractivity contribution is 5.86. The van der Waals surface area contributed by atoms with Crippen LogP contribution in [-0.4, -0.2) is 12.3 Å². The second kappa shape index (κ2) is 3.67. The maximum absolute atomic E-state index is 11.4. The molecule has 0 atom stereocenters. The Morgan fingerprint density at radius 1 is 1.55 bits per heavy atom. The van der Waals surface area contributed by atoms with Gasteiger partial charge in [-0.1, -0.05) is 26.0 Å². The van der Waals surface area contributed by atoms with Crippen LogP contribution in [0.15, 0.2) is 12.2 Å². The lowest BCUT2D eigenvalue weighted by Crippen LogP contribution is -2.32. The van der Waals surface area contributed by atoms with E-state index >= 15 is 0 Å². The number of rotatable bonds is 4. The van der Waals surface area contributed by atoms with Crippen LogP contribution in [0, 0.1) is 5.41 Å². The number of hydrogen-bond acceptors (Lipinski definition) is 2. The molecule has 0 rings (SSSR count). The number of ketones is 1. The molecule has 0 aliphatic heterocycles. The number of carbonyl (C=O) groups is 1. The van der Waals surface area contributed by atoms with Crippen LogP contribution in [0.4, 0.5) is 0 Å². The van der Waals surface area contributed by atoms with Crippen LogP contribution in [0.2, 0.25) is 0 Å². The topological polar surface area (TPSA) is 43.1 Å². The van der Waals surface area contributed by atoms with Gasteiger partial charge in [-0.3, -0.25) is 4.79 Å². The van der Waals surface area contributed by atoms with Crippen molar-refractivity contribution in [2.24, 2.45) is 11.1 Å². The Bertz CT molecular complexity index is 170. The van der Waals surface area contributed by atoms with E-state index in [0.29, 0.717) is 13.0 Å². The van der Waals surface area contributed by atoms with E-state index in [-0.39, 0.29) is 11.2 Å². The van der Waals surface area contributed by atoms with Crippen molar-refractivity contribution in [1.82, 2.24) is 0 Å². The van der Waals surface area contributed by atoms with Crippen molar-refractivity contribution in [2.75, 3.05) is 6.54 Å². The lowest BCUT2D eigenvalue weighted by atomic mass is 9.85. The zero-order valence-electron chi connectivity index (χ0n) is 7.61. The summed E-state index contributed by atoms with van der Waals surface area (Å²) in [6.07, 6.45) is 0.449. The van der Waals surface area contributed by atoms with Crippen molar-refractivity contribution < 1.29 is 4.79 Å². The zero-order valence-corrected chi connectivity index (χ0v) is 7.61. The van der Waals surface area contributed by atoms with E-state index in [1.54, 1.807) is 0 Å². The molecule has 11 heavy (non-hydrogen) atoms. The first-order chi connectivity index (χ1) is 4.90. The summed E-state index contributed by atoms with van der Waals surface area (Å²) in [5.74, 6) is 0.174. The lowest BCUT2D eigenvalue weighted by molar-refractivity contribution is -0.125. The van der Waals surface area contributed by atoms with Gasteiger partial charge in [-0.15, -0.1) is 0 Å². The molecular formula is C9H17NO. The Morgan fingerprint density at radius 2 is 2.00 bits per heavy atom. The number of carbonyl (C=O) groups excluding carboxylic acids is 1. The van der Waals surface area contributed by atoms with Gasteiger partial charge in [0.2, 0.25) is 0 Å². The van der Waals surface area contributed by atoms with Crippen molar-refractivity contribution >= 4 is 5.78 Å². The van der Waals surface area contributed by atoms with Crippen molar-refractivity contribution in [1.29, 1.82) is 0 Å². The summed E-state index contributed by atoms with van der Waals surface area (Å²) in [6.45, 7) is 9.65. The third-order valence-corrected chi connectivity index (χ3v) is 1.73. The average molecular weight is 155 g/mol. The van der Waals surface area contributed by atoms with Gasteiger partial charge in [-0.2, -0.15) is 0 Å². The second-order valence-corrected chi connectivity index (χ2v) is 3.65. The molecule has 2 nitrogen and oxygen atoms in total. The minimum Gasteiger partial charge on any atom is -0.329 e. The maximum atomic E-state index is 11.4. The third kappa shape index (κ3) is 3.33. The molecule has 0 unspecified atom stereocenters. The Morgan fingerprint density at radius 3 is 2.27 bits per heavy atom. The molecule has 0 aromatic rings. The van der Waals surface area contributed by atoms with Gasteiger partial charge in [0.25, 0.3) is 0 Å². The van der Waals surface area contributed by atoms with Crippen LogP contribution < -0.4 is 5.73 Å². The minimum absolute atomic E-state index is 0.174. The molecule has 0 fully saturated rings. The van der Waals surface area contributed by atoms with Crippen LogP contribution in [0.3, 0.4) is 0 Å². The van der Waals surface area contributed by atoms with Crippen LogP contribution in [0.1, 0.15) is 27.2 Å². The predicted octanol–water partition coefficient (Wildman–Crippen LogP) is 1.51. The van der Waals surface area contributed by atoms with Gasteiger partial charge >= 0.3 is 0 Å². The molecule has 0 spiro atoms. The van der Waals surface area contributed by atoms with E-state index < -0.39 is 0 Å². The molecule has 0 aliphatic rings. The summed E-state index contributed by atoms with van der Waals surface area (Å²) in [7, 11) is 0. The monoisotopic (exact) mass is 155 g/mol. The fourth-order valence-corrected chi connectivity index (χ4v) is 0.627. The van der Waals surface area contributed by atoms with Gasteiger partial charge in [0, 0.05) is 18.4 Å². The van der Waals surface area contributed by atoms with Gasteiger partial charge < -0.3 is 5.73 Å². The second-order valence-electron chi connectivity index (χ2n) is 3.65. The van der Waals surface area contributed by atoms with E-state index in [1.165, 1.54) is 0 Å². The molecule has 0 saturated heterocycles. The molecule has 2 N–H and O–H groups in total. The number of nitrogens with two attached hydrogens (primary N) is 1. The molecule has 0 aliphatic carbocycles. The standard InChI is InChI=1S/C9H17NO/c1-7(2)5-8(11)9(3,4)6-10/h1,5-6,10H2,2-4H3. The summed E-state index contributed by atoms with van der Waals surface area (Å²) in [5, 5.41) is 0. The number of allylic oxidation sites excluding steroid dienone is 1. The third-order valence-electron chi connectivity index (χ3n) is 1.73. The normalized spacial score (nSPS) is 11.3. The summed E-state index contributed by atoms with van der Waals surface area (Å²) in [5.41, 5.74) is 5.94. The van der Waals surface area contributed by atoms with Crippen LogP contribution in [0.25, 0.3) is 0 Å². The van der Waals surface area contributed by atoms with E-state index in [9.17, 15) is 4.79 Å². The first-order valence-corrected chi connectivity index (χ1v) is 3.78. The number of Topliss-reactive ketones (excluding diaryl/α,β-unsaturated/α-hetero) is 1. The molecule has 0 amide bonds. The minimum atomic E-state index is -0.390. The summed E-state index contributed by atoms with van der Waals surface area (Å²) in [6, 6.07) is 0. The lowest BCUT2D eigenvalue weighted by Gasteiger charge is -2.20. The highest BCUT2D eigenvalue weighted by Gasteiger charge is 2.24. The van der Waals surface area contributed by atoms with Crippen LogP contribution in [-0.2, 0) is 4.79 Å². The fourth-order valence-electron chi connectivity index (χ4n) is 0.627. The van der Waals surface area contributed by atoms with E-state index in [2.05, 4.69) is 6.58 Å². The molecule has 0 saturated carbocycles. The first-order valence-electron chi connectivity index (χ1n) is 3.78. The molecule has 2 heteroatoms. The van der Waals surface area contributed by atoms with E-state index in [1.807, 2.05) is 20.8 Å². The zero-order chi connectivity index (χ0) is 9.07. The SMILES string of the molecule is C=C(C)CC(=O)C(C)(C)CN. The highest BCUT2D eigenvalue weighted by Crippen LogP contribution is 2.18. The van der Waals surface area contributed by atoms with E-state index in [4.69, 9.17) is 5.73 Å². The fraction of sp³-hybridized carbons (Fsp3) is 0.667. The Kier molecular flexibility index (Phi) is 3.46. The summed E-state index contributed by atoms with van der Waals surface area (Å²) in [4.78, 5) is 11.4. The Labute approximate surface area is 68.5 Å². The maximum Gasteiger partial charge on any atom is 0.143 e. The molecule has 64 valence electrons. The summed E-state index contributed by atoms with van der Waals surface area (Å²) < 4.78 is 0. The van der Waals surface area contributed by atoms with Crippen LogP contribution >= 0.6 is 0 Å². The predicted molar refractivity (Wildman–Crippen MR) is 47.3 cm³/mol. The van der Waals surface area contributed by atoms with Crippen LogP contribution in [0.5, 0.6) is 0 Å². The van der Waals surface area contributed by atoms with Gasteiger partial charge in [-0.05, 0) is 6.92 Å². The van der Waals surface area contributed by atoms with Gasteiger partial charge in [0.15, 0.2) is 0 Å². The van der Waals surface area contributed by atoms with Crippen molar-refractivity contribution in [3.63, 3.8) is 0 Å². The molecule has 0 radical (unpaired) electrons. The van der Waals surface area contributed by atoms with Crippen molar-refractivity contribution in [3.8, 4) is 0 Å². The van der Waals surface area contributed by atoms with Crippen molar-refractivity contribution in [3.05, 3.63) is 12.2 Å². The first kappa shape index (κ1) is 10.4. The van der Waals surface area contributed by atoms with Gasteiger partial charge in [-0.25, -0.2) is 0 Å². The van der Waals surface area contributed by atoms with Gasteiger partial charge in [0.05, 0.1) is 0 Å². The molecule has 0 heterocycles. The Balaban J connectivity index is 4.13. The number of hydrogen-bond donors (Lipinski definition) is 1. The molecule has 0 aromatic heterocycles. The molecule has 0 bridgehead atoms. The van der Waals surface area contributed by atoms with Gasteiger partial charge in [0.1, 0.15) is 5.78 Å². The molecule has 0 aromatic carbocycles. The Hall–Kier alpha value is -0.630.